The Hall–Kier alpha value is -3.59. The number of hydrogen-bond donors (Lipinski definition) is 3. The molecule has 0 aliphatic rings. The van der Waals surface area contributed by atoms with Crippen LogP contribution < -0.4 is 16.4 Å². The third kappa shape index (κ3) is 9.28. The minimum absolute atomic E-state index is 0.163. The third-order valence-electron chi connectivity index (χ3n) is 5.73. The Bertz CT molecular complexity index is 1180. The van der Waals surface area contributed by atoms with Gasteiger partial charge in [-0.05, 0) is 65.2 Å². The molecule has 212 valence electrons. The van der Waals surface area contributed by atoms with Crippen molar-refractivity contribution in [1.82, 2.24) is 10.2 Å². The molecule has 2 aromatic rings. The molecule has 4 N–H and O–H groups in total. The summed E-state index contributed by atoms with van der Waals surface area (Å²) < 4.78 is 5.30. The molecule has 0 aliphatic carbocycles. The van der Waals surface area contributed by atoms with Gasteiger partial charge in [-0.2, -0.15) is 0 Å². The fourth-order valence-electron chi connectivity index (χ4n) is 4.28. The molecule has 0 radical (unpaired) electrons. The molecule has 0 saturated carbocycles. The van der Waals surface area contributed by atoms with Crippen LogP contribution in [0, 0.1) is 20.8 Å². The van der Waals surface area contributed by atoms with Crippen LogP contribution in [0.2, 0.25) is 5.02 Å². The van der Waals surface area contributed by atoms with E-state index in [4.69, 9.17) is 22.1 Å². The minimum Gasteiger partial charge on any atom is -0.444 e. The van der Waals surface area contributed by atoms with E-state index in [2.05, 4.69) is 10.6 Å². The number of nitrogens with one attached hydrogen (secondary N) is 2. The van der Waals surface area contributed by atoms with Gasteiger partial charge in [-0.1, -0.05) is 60.0 Å². The number of para-hydroxylation sites is 1. The van der Waals surface area contributed by atoms with Crippen molar-refractivity contribution >= 4 is 41.1 Å². The second kappa shape index (κ2) is 13.5. The zero-order chi connectivity index (χ0) is 29.5. The number of anilines is 1. The predicted octanol–water partition coefficient (Wildman–Crippen LogP) is 4.95. The highest BCUT2D eigenvalue weighted by Crippen LogP contribution is 2.30. The topological polar surface area (TPSA) is 131 Å². The number of halogens is 1. The molecule has 2 atom stereocenters. The molecular weight excluding hydrogens is 520 g/mol. The lowest BCUT2D eigenvalue weighted by Gasteiger charge is -2.34. The minimum atomic E-state index is -1.34. The Morgan fingerprint density at radius 1 is 1.05 bits per heavy atom. The first-order valence-electron chi connectivity index (χ1n) is 12.9. The molecule has 2 rings (SSSR count). The molecule has 9 nitrogen and oxygen atoms in total. The zero-order valence-electron chi connectivity index (χ0n) is 23.7. The highest BCUT2D eigenvalue weighted by atomic mass is 35.5. The smallest absolute Gasteiger partial charge is 0.408 e. The number of aryl methyl sites for hydroxylation is 3. The first-order valence-corrected chi connectivity index (χ1v) is 13.2. The van der Waals surface area contributed by atoms with Crippen LogP contribution in [-0.2, 0) is 19.1 Å². The van der Waals surface area contributed by atoms with Gasteiger partial charge in [0.25, 0.3) is 5.91 Å². The van der Waals surface area contributed by atoms with E-state index in [-0.39, 0.29) is 6.54 Å². The molecule has 2 aromatic carbocycles. The summed E-state index contributed by atoms with van der Waals surface area (Å²) in [6, 6.07) is 8.44. The molecule has 0 heterocycles. The normalized spacial score (nSPS) is 12.7. The number of rotatable bonds is 10. The molecule has 0 bridgehead atoms. The zero-order valence-corrected chi connectivity index (χ0v) is 24.4. The Morgan fingerprint density at radius 2 is 1.67 bits per heavy atom. The van der Waals surface area contributed by atoms with Crippen LogP contribution in [0.15, 0.2) is 36.4 Å². The largest absolute Gasteiger partial charge is 0.444 e. The number of amides is 4. The average Bonchev–Trinajstić information content (AvgIpc) is 2.78. The Kier molecular flexibility index (Phi) is 10.9. The van der Waals surface area contributed by atoms with Crippen molar-refractivity contribution in [3.05, 3.63) is 63.7 Å². The Balaban J connectivity index is 2.60. The van der Waals surface area contributed by atoms with Gasteiger partial charge >= 0.3 is 6.09 Å². The number of carbonyl (C=O) groups is 4. The molecule has 2 unspecified atom stereocenters. The van der Waals surface area contributed by atoms with Crippen LogP contribution in [0.3, 0.4) is 0 Å². The maximum absolute atomic E-state index is 14.0. The standard InChI is InChI=1S/C29H39ClN4O5/c1-8-12-34(27(37)22(16-23(31)35)32-28(38)39-29(5,6)7)25(20-14-17(2)13-18(3)15-20)26(36)33-24-19(4)10-9-11-21(24)30/h9-11,13-15,22,25H,8,12,16H2,1-7H3,(H2,31,35)(H,32,38)(H,33,36). The lowest BCUT2D eigenvalue weighted by atomic mass is 9.97. The average molecular weight is 559 g/mol. The quantitative estimate of drug-likeness (QED) is 0.379. The van der Waals surface area contributed by atoms with E-state index in [0.717, 1.165) is 16.7 Å². The lowest BCUT2D eigenvalue weighted by molar-refractivity contribution is -0.141. The maximum Gasteiger partial charge on any atom is 0.408 e. The molecule has 0 spiro atoms. The molecule has 0 aliphatic heterocycles. The van der Waals surface area contributed by atoms with Gasteiger partial charge in [-0.25, -0.2) is 4.79 Å². The molecule has 4 amide bonds. The van der Waals surface area contributed by atoms with E-state index < -0.39 is 47.9 Å². The molecule has 0 aromatic heterocycles. The number of benzene rings is 2. The summed E-state index contributed by atoms with van der Waals surface area (Å²) in [6.45, 7) is 12.7. The number of ether oxygens (including phenoxy) is 1. The fourth-order valence-corrected chi connectivity index (χ4v) is 4.55. The summed E-state index contributed by atoms with van der Waals surface area (Å²) in [6.07, 6.45) is -0.845. The monoisotopic (exact) mass is 558 g/mol. The maximum atomic E-state index is 14.0. The van der Waals surface area contributed by atoms with E-state index in [1.54, 1.807) is 32.9 Å². The second-order valence-corrected chi connectivity index (χ2v) is 11.1. The highest BCUT2D eigenvalue weighted by molar-refractivity contribution is 6.34. The van der Waals surface area contributed by atoms with Crippen LogP contribution in [0.4, 0.5) is 10.5 Å². The van der Waals surface area contributed by atoms with Crippen LogP contribution in [0.5, 0.6) is 0 Å². The van der Waals surface area contributed by atoms with Crippen LogP contribution in [0.1, 0.15) is 68.8 Å². The van der Waals surface area contributed by atoms with Crippen molar-refractivity contribution in [2.24, 2.45) is 5.73 Å². The van der Waals surface area contributed by atoms with Gasteiger partial charge in [0, 0.05) is 6.54 Å². The fraction of sp³-hybridized carbons (Fsp3) is 0.448. The van der Waals surface area contributed by atoms with Gasteiger partial charge in [0.15, 0.2) is 0 Å². The Morgan fingerprint density at radius 3 is 2.18 bits per heavy atom. The van der Waals surface area contributed by atoms with Gasteiger partial charge < -0.3 is 26.0 Å². The van der Waals surface area contributed by atoms with E-state index in [9.17, 15) is 19.2 Å². The molecule has 0 fully saturated rings. The van der Waals surface area contributed by atoms with Crippen molar-refractivity contribution in [1.29, 1.82) is 0 Å². The molecular formula is C29H39ClN4O5. The molecule has 10 heteroatoms. The van der Waals surface area contributed by atoms with E-state index in [0.29, 0.717) is 22.7 Å². The summed E-state index contributed by atoms with van der Waals surface area (Å²) in [4.78, 5) is 53.8. The van der Waals surface area contributed by atoms with E-state index in [1.807, 2.05) is 52.0 Å². The highest BCUT2D eigenvalue weighted by Gasteiger charge is 2.37. The number of hydrogen-bond acceptors (Lipinski definition) is 5. The van der Waals surface area contributed by atoms with E-state index >= 15 is 0 Å². The number of carbonyl (C=O) groups excluding carboxylic acids is 4. The first kappa shape index (κ1) is 31.6. The summed E-state index contributed by atoms with van der Waals surface area (Å²) in [5, 5.41) is 5.72. The third-order valence-corrected chi connectivity index (χ3v) is 6.05. The van der Waals surface area contributed by atoms with Crippen LogP contribution >= 0.6 is 11.6 Å². The van der Waals surface area contributed by atoms with Gasteiger partial charge in [-0.15, -0.1) is 0 Å². The number of nitrogens with two attached hydrogens (primary N) is 1. The number of primary amides is 1. The van der Waals surface area contributed by atoms with Crippen LogP contribution in [-0.4, -0.2) is 46.9 Å². The van der Waals surface area contributed by atoms with E-state index in [1.165, 1.54) is 4.90 Å². The second-order valence-electron chi connectivity index (χ2n) is 10.6. The van der Waals surface area contributed by atoms with Gasteiger partial charge in [-0.3, -0.25) is 14.4 Å². The predicted molar refractivity (Wildman–Crippen MR) is 152 cm³/mol. The SMILES string of the molecule is CCCN(C(=O)C(CC(N)=O)NC(=O)OC(C)(C)C)C(C(=O)Nc1c(C)cccc1Cl)c1cc(C)cc(C)c1. The Labute approximate surface area is 235 Å². The van der Waals surface area contributed by atoms with Gasteiger partial charge in [0.05, 0.1) is 17.1 Å². The van der Waals surface area contributed by atoms with Gasteiger partial charge in [0.2, 0.25) is 11.8 Å². The van der Waals surface area contributed by atoms with Gasteiger partial charge in [0.1, 0.15) is 17.7 Å². The summed E-state index contributed by atoms with van der Waals surface area (Å²) in [5.41, 5.74) is 8.17. The van der Waals surface area contributed by atoms with Crippen molar-refractivity contribution < 1.29 is 23.9 Å². The van der Waals surface area contributed by atoms with Crippen molar-refractivity contribution in [2.45, 2.75) is 79.0 Å². The lowest BCUT2D eigenvalue weighted by Crippen LogP contribution is -2.53. The number of alkyl carbamates (subject to hydrolysis) is 1. The first-order chi connectivity index (χ1) is 18.1. The van der Waals surface area contributed by atoms with Crippen molar-refractivity contribution in [2.75, 3.05) is 11.9 Å². The summed E-state index contributed by atoms with van der Waals surface area (Å²) in [7, 11) is 0. The van der Waals surface area contributed by atoms with Crippen molar-refractivity contribution in [3.8, 4) is 0 Å². The summed E-state index contributed by atoms with van der Waals surface area (Å²) in [5.74, 6) is -1.93. The summed E-state index contributed by atoms with van der Waals surface area (Å²) >= 11 is 6.39. The molecule has 39 heavy (non-hydrogen) atoms. The molecule has 0 saturated heterocycles. The van der Waals surface area contributed by atoms with Crippen molar-refractivity contribution in [3.63, 3.8) is 0 Å². The van der Waals surface area contributed by atoms with Crippen LogP contribution in [0.25, 0.3) is 0 Å². The number of nitrogens with zero attached hydrogens (tertiary/aromatic N) is 1.